The molecule has 6 heteroatoms. The van der Waals surface area contributed by atoms with E-state index >= 15 is 0 Å². The summed E-state index contributed by atoms with van der Waals surface area (Å²) in [6.07, 6.45) is -2.45. The van der Waals surface area contributed by atoms with Crippen molar-refractivity contribution >= 4 is 11.6 Å². The second kappa shape index (κ2) is 5.67. The summed E-state index contributed by atoms with van der Waals surface area (Å²) in [5, 5.41) is 5.28. The van der Waals surface area contributed by atoms with Crippen LogP contribution in [0.4, 0.5) is 18.9 Å². The zero-order valence-electron chi connectivity index (χ0n) is 12.1. The van der Waals surface area contributed by atoms with E-state index in [1.165, 1.54) is 18.9 Å². The molecule has 0 bridgehead atoms. The van der Waals surface area contributed by atoms with Crippen molar-refractivity contribution in [3.05, 3.63) is 29.8 Å². The molecule has 0 aromatic heterocycles. The van der Waals surface area contributed by atoms with Gasteiger partial charge in [-0.2, -0.15) is 13.2 Å². The Bertz CT molecular complexity index is 522. The fourth-order valence-corrected chi connectivity index (χ4v) is 2.24. The Morgan fingerprint density at radius 3 is 2.52 bits per heavy atom. The molecule has 0 saturated heterocycles. The maximum Gasteiger partial charge on any atom is 0.471 e. The van der Waals surface area contributed by atoms with Crippen molar-refractivity contribution < 1.29 is 18.0 Å². The van der Waals surface area contributed by atoms with E-state index in [4.69, 9.17) is 0 Å². The third kappa shape index (κ3) is 4.46. The largest absolute Gasteiger partial charge is 0.471 e. The van der Waals surface area contributed by atoms with Crippen LogP contribution >= 0.6 is 0 Å². The number of hydrogen-bond donors (Lipinski definition) is 2. The van der Waals surface area contributed by atoms with Crippen LogP contribution in [0, 0.1) is 5.92 Å². The summed E-state index contributed by atoms with van der Waals surface area (Å²) >= 11 is 0. The van der Waals surface area contributed by atoms with Gasteiger partial charge < -0.3 is 10.6 Å². The monoisotopic (exact) mass is 300 g/mol. The number of carbonyl (C=O) groups excluding carboxylic acids is 1. The van der Waals surface area contributed by atoms with E-state index in [0.717, 1.165) is 5.56 Å². The van der Waals surface area contributed by atoms with E-state index in [0.29, 0.717) is 12.5 Å². The summed E-state index contributed by atoms with van der Waals surface area (Å²) in [4.78, 5) is 10.9. The molecule has 1 aromatic carbocycles. The Morgan fingerprint density at radius 1 is 1.29 bits per heavy atom. The molecule has 0 atom stereocenters. The second-order valence-corrected chi connectivity index (χ2v) is 6.00. The van der Waals surface area contributed by atoms with Gasteiger partial charge in [-0.1, -0.05) is 12.1 Å². The maximum absolute atomic E-state index is 12.2. The third-order valence-electron chi connectivity index (χ3n) is 3.79. The Hall–Kier alpha value is -1.56. The maximum atomic E-state index is 12.2. The number of alkyl halides is 3. The zero-order chi connectivity index (χ0) is 15.7. The molecule has 1 aliphatic carbocycles. The molecule has 0 aliphatic heterocycles. The van der Waals surface area contributed by atoms with Gasteiger partial charge in [-0.15, -0.1) is 0 Å². The van der Waals surface area contributed by atoms with E-state index in [1.54, 1.807) is 12.1 Å². The van der Waals surface area contributed by atoms with E-state index in [-0.39, 0.29) is 11.2 Å². The van der Waals surface area contributed by atoms with E-state index < -0.39 is 12.1 Å². The Kier molecular flexibility index (Phi) is 4.27. The third-order valence-corrected chi connectivity index (χ3v) is 3.79. The number of nitrogens with one attached hydrogen (secondary N) is 2. The lowest BCUT2D eigenvalue weighted by molar-refractivity contribution is -0.167. The average Bonchev–Trinajstić information content (AvgIpc) is 3.20. The highest BCUT2D eigenvalue weighted by atomic mass is 19.4. The van der Waals surface area contributed by atoms with Gasteiger partial charge >= 0.3 is 12.1 Å². The molecule has 0 radical (unpaired) electrons. The van der Waals surface area contributed by atoms with Crippen LogP contribution < -0.4 is 10.6 Å². The first-order chi connectivity index (χ1) is 9.68. The number of benzene rings is 1. The minimum atomic E-state index is -4.87. The summed E-state index contributed by atoms with van der Waals surface area (Å²) < 4.78 is 36.6. The number of halogens is 3. The fourth-order valence-electron chi connectivity index (χ4n) is 2.24. The minimum absolute atomic E-state index is 0.0191. The van der Waals surface area contributed by atoms with Gasteiger partial charge in [0.1, 0.15) is 0 Å². The van der Waals surface area contributed by atoms with E-state index in [9.17, 15) is 18.0 Å². The smallest absolute Gasteiger partial charge is 0.318 e. The molecular weight excluding hydrogens is 281 g/mol. The van der Waals surface area contributed by atoms with Crippen LogP contribution in [-0.4, -0.2) is 17.6 Å². The Labute approximate surface area is 121 Å². The molecule has 3 nitrogen and oxygen atoms in total. The van der Waals surface area contributed by atoms with Gasteiger partial charge in [0.25, 0.3) is 0 Å². The standard InChI is InChI=1S/C15H19F3N2O/c1-14(2,11-6-7-11)19-9-10-4-3-5-12(8-10)20-13(21)15(16,17)18/h3-5,8,11,19H,6-7,9H2,1-2H3,(H,20,21). The first-order valence-electron chi connectivity index (χ1n) is 6.90. The highest BCUT2D eigenvalue weighted by Gasteiger charge is 2.39. The lowest BCUT2D eigenvalue weighted by Crippen LogP contribution is -2.40. The molecule has 2 rings (SSSR count). The summed E-state index contributed by atoms with van der Waals surface area (Å²) in [7, 11) is 0. The van der Waals surface area contributed by atoms with Crippen molar-refractivity contribution in [2.75, 3.05) is 5.32 Å². The van der Waals surface area contributed by atoms with E-state index in [2.05, 4.69) is 19.2 Å². The molecule has 1 amide bonds. The van der Waals surface area contributed by atoms with Crippen LogP contribution in [0.5, 0.6) is 0 Å². The van der Waals surface area contributed by atoms with Gasteiger partial charge in [-0.3, -0.25) is 4.79 Å². The molecule has 0 heterocycles. The predicted molar refractivity (Wildman–Crippen MR) is 74.8 cm³/mol. The summed E-state index contributed by atoms with van der Waals surface area (Å²) in [6.45, 7) is 4.80. The molecule has 0 unspecified atom stereocenters. The van der Waals surface area contributed by atoms with Gasteiger partial charge in [0.2, 0.25) is 0 Å². The molecule has 21 heavy (non-hydrogen) atoms. The average molecular weight is 300 g/mol. The van der Waals surface area contributed by atoms with E-state index in [1.807, 2.05) is 11.4 Å². The van der Waals surface area contributed by atoms with Gasteiger partial charge in [-0.05, 0) is 50.3 Å². The predicted octanol–water partition coefficient (Wildman–Crippen LogP) is 3.47. The molecule has 1 aliphatic rings. The highest BCUT2D eigenvalue weighted by Crippen LogP contribution is 2.39. The molecule has 0 spiro atoms. The SMILES string of the molecule is CC(C)(NCc1cccc(NC(=O)C(F)(F)F)c1)C1CC1. The summed E-state index contributed by atoms with van der Waals surface area (Å²) in [5.41, 5.74) is 1.01. The molecule has 1 fully saturated rings. The van der Waals surface area contributed by atoms with Crippen LogP contribution in [0.3, 0.4) is 0 Å². The quantitative estimate of drug-likeness (QED) is 0.874. The number of rotatable bonds is 5. The van der Waals surface area contributed by atoms with Crippen LogP contribution in [0.25, 0.3) is 0 Å². The van der Waals surface area contributed by atoms with Crippen molar-refractivity contribution in [3.63, 3.8) is 0 Å². The van der Waals surface area contributed by atoms with Gasteiger partial charge in [-0.25, -0.2) is 0 Å². The van der Waals surface area contributed by atoms with Crippen LogP contribution in [0.1, 0.15) is 32.3 Å². The van der Waals surface area contributed by atoms with Crippen LogP contribution in [-0.2, 0) is 11.3 Å². The highest BCUT2D eigenvalue weighted by molar-refractivity contribution is 5.94. The molecular formula is C15H19F3N2O. The molecule has 2 N–H and O–H groups in total. The van der Waals surface area contributed by atoms with Crippen molar-refractivity contribution in [1.82, 2.24) is 5.32 Å². The fraction of sp³-hybridized carbons (Fsp3) is 0.533. The number of anilines is 1. The summed E-state index contributed by atoms with van der Waals surface area (Å²) in [5.74, 6) is -1.29. The zero-order valence-corrected chi connectivity index (χ0v) is 12.1. The molecule has 1 saturated carbocycles. The first-order valence-corrected chi connectivity index (χ1v) is 6.90. The van der Waals surface area contributed by atoms with Crippen LogP contribution in [0.15, 0.2) is 24.3 Å². The van der Waals surface area contributed by atoms with Crippen molar-refractivity contribution in [2.24, 2.45) is 5.92 Å². The second-order valence-electron chi connectivity index (χ2n) is 6.00. The lowest BCUT2D eigenvalue weighted by Gasteiger charge is -2.26. The molecule has 116 valence electrons. The van der Waals surface area contributed by atoms with Crippen LogP contribution in [0.2, 0.25) is 0 Å². The van der Waals surface area contributed by atoms with Gasteiger partial charge in [0, 0.05) is 17.8 Å². The normalized spacial score (nSPS) is 15.9. The summed E-state index contributed by atoms with van der Waals surface area (Å²) in [6, 6.07) is 6.45. The van der Waals surface area contributed by atoms with Crippen molar-refractivity contribution in [3.8, 4) is 0 Å². The van der Waals surface area contributed by atoms with Crippen molar-refractivity contribution in [1.29, 1.82) is 0 Å². The first kappa shape index (κ1) is 15.8. The number of carbonyl (C=O) groups is 1. The Morgan fingerprint density at radius 2 is 1.95 bits per heavy atom. The number of hydrogen-bond acceptors (Lipinski definition) is 2. The van der Waals surface area contributed by atoms with Gasteiger partial charge in [0.15, 0.2) is 0 Å². The Balaban J connectivity index is 1.96. The minimum Gasteiger partial charge on any atom is -0.318 e. The van der Waals surface area contributed by atoms with Crippen molar-refractivity contribution in [2.45, 2.75) is 44.9 Å². The topological polar surface area (TPSA) is 41.1 Å². The molecule has 1 aromatic rings. The lowest BCUT2D eigenvalue weighted by atomic mass is 9.98. The number of amides is 1. The van der Waals surface area contributed by atoms with Gasteiger partial charge in [0.05, 0.1) is 0 Å².